The maximum atomic E-state index is 11.8. The number of aromatic nitrogens is 4. The van der Waals surface area contributed by atoms with Crippen molar-refractivity contribution < 1.29 is 5.11 Å². The van der Waals surface area contributed by atoms with E-state index < -0.39 is 0 Å². The van der Waals surface area contributed by atoms with Crippen molar-refractivity contribution in [2.24, 2.45) is 7.05 Å². The lowest BCUT2D eigenvalue weighted by Gasteiger charge is -2.37. The monoisotopic (exact) mass is 356 g/mol. The fourth-order valence-electron chi connectivity index (χ4n) is 3.60. The van der Waals surface area contributed by atoms with Crippen molar-refractivity contribution in [3.8, 4) is 0 Å². The summed E-state index contributed by atoms with van der Waals surface area (Å²) in [5, 5.41) is 13.7. The van der Waals surface area contributed by atoms with Gasteiger partial charge >= 0.3 is 0 Å². The third kappa shape index (κ3) is 3.29. The molecule has 2 aliphatic rings. The molecule has 0 bridgehead atoms. The predicted octanol–water partition coefficient (Wildman–Crippen LogP) is 0.444. The molecule has 0 spiro atoms. The van der Waals surface area contributed by atoms with Crippen molar-refractivity contribution in [2.45, 2.75) is 31.8 Å². The molecule has 2 aromatic heterocycles. The number of aryl methyl sites for hydroxylation is 2. The summed E-state index contributed by atoms with van der Waals surface area (Å²) >= 11 is 0. The van der Waals surface area contributed by atoms with Crippen LogP contribution in [0.25, 0.3) is 0 Å². The molecule has 0 unspecified atom stereocenters. The number of anilines is 2. The Kier molecular flexibility index (Phi) is 4.36. The van der Waals surface area contributed by atoms with Gasteiger partial charge in [0, 0.05) is 57.0 Å². The van der Waals surface area contributed by atoms with Crippen LogP contribution in [0.1, 0.15) is 30.3 Å². The van der Waals surface area contributed by atoms with Crippen molar-refractivity contribution in [3.63, 3.8) is 0 Å². The van der Waals surface area contributed by atoms with Gasteiger partial charge < -0.3 is 14.9 Å². The third-order valence-electron chi connectivity index (χ3n) is 5.30. The zero-order valence-corrected chi connectivity index (χ0v) is 15.2. The Bertz CT molecular complexity index is 853. The zero-order valence-electron chi connectivity index (χ0n) is 15.2. The van der Waals surface area contributed by atoms with Crippen molar-refractivity contribution in [3.05, 3.63) is 40.2 Å². The fraction of sp³-hybridized carbons (Fsp3) is 0.556. The van der Waals surface area contributed by atoms with E-state index in [1.54, 1.807) is 19.3 Å². The van der Waals surface area contributed by atoms with Crippen LogP contribution in [0.15, 0.2) is 23.1 Å². The van der Waals surface area contributed by atoms with E-state index in [-0.39, 0.29) is 11.7 Å². The van der Waals surface area contributed by atoms with Crippen LogP contribution in [0.4, 0.5) is 11.5 Å². The van der Waals surface area contributed by atoms with Gasteiger partial charge in [-0.25, -0.2) is 14.6 Å². The minimum atomic E-state index is -0.186. The first-order valence-corrected chi connectivity index (χ1v) is 9.06. The Morgan fingerprint density at radius 1 is 1.08 bits per heavy atom. The maximum absolute atomic E-state index is 11.8. The van der Waals surface area contributed by atoms with E-state index in [1.807, 2.05) is 6.92 Å². The molecule has 3 heterocycles. The van der Waals surface area contributed by atoms with Crippen LogP contribution in [0.5, 0.6) is 0 Å². The molecule has 4 rings (SSSR count). The number of hydrogen-bond donors (Lipinski definition) is 1. The molecule has 1 N–H and O–H groups in total. The van der Waals surface area contributed by atoms with Crippen molar-refractivity contribution in [1.82, 2.24) is 19.7 Å². The number of nitrogens with zero attached hydrogens (tertiary/aromatic N) is 6. The van der Waals surface area contributed by atoms with Crippen LogP contribution >= 0.6 is 0 Å². The van der Waals surface area contributed by atoms with Crippen molar-refractivity contribution in [1.29, 1.82) is 0 Å². The lowest BCUT2D eigenvalue weighted by Crippen LogP contribution is -2.47. The van der Waals surface area contributed by atoms with Gasteiger partial charge in [0.1, 0.15) is 11.6 Å². The third-order valence-corrected chi connectivity index (χ3v) is 5.30. The van der Waals surface area contributed by atoms with Gasteiger partial charge in [-0.15, -0.1) is 0 Å². The molecule has 8 heteroatoms. The topological polar surface area (TPSA) is 87.4 Å². The summed E-state index contributed by atoms with van der Waals surface area (Å²) < 4.78 is 1.34. The Hall–Kier alpha value is -2.48. The molecule has 1 aliphatic carbocycles. The highest BCUT2D eigenvalue weighted by Crippen LogP contribution is 2.36. The second-order valence-electron chi connectivity index (χ2n) is 7.17. The van der Waals surface area contributed by atoms with Gasteiger partial charge in [-0.05, 0) is 19.8 Å². The maximum Gasteiger partial charge on any atom is 0.268 e. The summed E-state index contributed by atoms with van der Waals surface area (Å²) in [4.78, 5) is 25.4. The van der Waals surface area contributed by atoms with Crippen LogP contribution in [0, 0.1) is 6.92 Å². The molecule has 138 valence electrons. The summed E-state index contributed by atoms with van der Waals surface area (Å²) in [5.74, 6) is 2.08. The van der Waals surface area contributed by atoms with Crippen molar-refractivity contribution >= 4 is 11.5 Å². The minimum absolute atomic E-state index is 0.0938. The number of piperazine rings is 1. The molecule has 26 heavy (non-hydrogen) atoms. The van der Waals surface area contributed by atoms with Crippen LogP contribution < -0.4 is 15.4 Å². The predicted molar refractivity (Wildman–Crippen MR) is 98.7 cm³/mol. The molecule has 1 aliphatic heterocycles. The quantitative estimate of drug-likeness (QED) is 0.854. The van der Waals surface area contributed by atoms with Crippen LogP contribution in [-0.4, -0.2) is 57.1 Å². The summed E-state index contributed by atoms with van der Waals surface area (Å²) in [6, 6.07) is 3.70. The van der Waals surface area contributed by atoms with E-state index in [1.165, 1.54) is 4.68 Å². The standard InChI is InChI=1S/C18H24N6O2/c1-12-20-16(13-7-15(25)8-13)10-17(21-12)24-5-3-23(4-6-24)14-9-18(26)22(2)19-11-14/h9-11,13,15,25H,3-8H2,1-2H3. The molecule has 0 radical (unpaired) electrons. The number of rotatable bonds is 3. The van der Waals surface area contributed by atoms with Gasteiger partial charge in [-0.2, -0.15) is 5.10 Å². The van der Waals surface area contributed by atoms with E-state index in [2.05, 4.69) is 30.9 Å². The SMILES string of the molecule is Cc1nc(C2CC(O)C2)cc(N2CCN(c3cnn(C)c(=O)c3)CC2)n1. The highest BCUT2D eigenvalue weighted by Gasteiger charge is 2.30. The minimum Gasteiger partial charge on any atom is -0.393 e. The van der Waals surface area contributed by atoms with Crippen LogP contribution in [0.3, 0.4) is 0 Å². The second kappa shape index (κ2) is 6.68. The van der Waals surface area contributed by atoms with Crippen LogP contribution in [-0.2, 0) is 7.05 Å². The summed E-state index contributed by atoms with van der Waals surface area (Å²) in [5.41, 5.74) is 1.82. The first-order chi connectivity index (χ1) is 12.5. The summed E-state index contributed by atoms with van der Waals surface area (Å²) in [6.07, 6.45) is 3.14. The number of aliphatic hydroxyl groups excluding tert-OH is 1. The highest BCUT2D eigenvalue weighted by molar-refractivity contribution is 5.48. The van der Waals surface area contributed by atoms with Crippen molar-refractivity contribution in [2.75, 3.05) is 36.0 Å². The lowest BCUT2D eigenvalue weighted by molar-refractivity contribution is 0.0731. The first-order valence-electron chi connectivity index (χ1n) is 9.06. The molecule has 0 atom stereocenters. The normalized spacial score (nSPS) is 23.0. The van der Waals surface area contributed by atoms with E-state index in [0.29, 0.717) is 5.92 Å². The Balaban J connectivity index is 1.46. The zero-order chi connectivity index (χ0) is 18.3. The van der Waals surface area contributed by atoms with Gasteiger partial charge in [0.25, 0.3) is 5.56 Å². The Morgan fingerprint density at radius 3 is 2.42 bits per heavy atom. The number of hydrogen-bond acceptors (Lipinski definition) is 7. The second-order valence-corrected chi connectivity index (χ2v) is 7.17. The molecular formula is C18H24N6O2. The van der Waals surface area contributed by atoms with E-state index in [0.717, 1.165) is 62.0 Å². The number of aliphatic hydroxyl groups is 1. The van der Waals surface area contributed by atoms with Gasteiger partial charge in [-0.3, -0.25) is 4.79 Å². The molecule has 2 fully saturated rings. The van der Waals surface area contributed by atoms with E-state index in [4.69, 9.17) is 0 Å². The lowest BCUT2D eigenvalue weighted by atomic mass is 9.80. The molecule has 8 nitrogen and oxygen atoms in total. The average molecular weight is 356 g/mol. The molecule has 1 saturated carbocycles. The van der Waals surface area contributed by atoms with Crippen LogP contribution in [0.2, 0.25) is 0 Å². The van der Waals surface area contributed by atoms with E-state index >= 15 is 0 Å². The molecule has 1 saturated heterocycles. The molecule has 0 aromatic carbocycles. The Labute approximate surface area is 152 Å². The highest BCUT2D eigenvalue weighted by atomic mass is 16.3. The van der Waals surface area contributed by atoms with E-state index in [9.17, 15) is 9.90 Å². The van der Waals surface area contributed by atoms with Gasteiger partial charge in [-0.1, -0.05) is 0 Å². The van der Waals surface area contributed by atoms with Gasteiger partial charge in [0.15, 0.2) is 0 Å². The Morgan fingerprint density at radius 2 is 1.77 bits per heavy atom. The fourth-order valence-corrected chi connectivity index (χ4v) is 3.60. The first kappa shape index (κ1) is 17.0. The molecule has 2 aromatic rings. The molecule has 0 amide bonds. The largest absolute Gasteiger partial charge is 0.393 e. The molecular weight excluding hydrogens is 332 g/mol. The average Bonchev–Trinajstić information content (AvgIpc) is 2.61. The van der Waals surface area contributed by atoms with Gasteiger partial charge in [0.05, 0.1) is 18.0 Å². The summed E-state index contributed by atoms with van der Waals surface area (Å²) in [6.45, 7) is 5.21. The summed E-state index contributed by atoms with van der Waals surface area (Å²) in [7, 11) is 1.65. The smallest absolute Gasteiger partial charge is 0.268 e. The van der Waals surface area contributed by atoms with Gasteiger partial charge in [0.2, 0.25) is 0 Å².